The van der Waals surface area contributed by atoms with E-state index in [0.29, 0.717) is 11.6 Å². The second-order valence-electron chi connectivity index (χ2n) is 6.73. The van der Waals surface area contributed by atoms with Gasteiger partial charge in [-0.3, -0.25) is 0 Å². The third-order valence-electron chi connectivity index (χ3n) is 5.28. The van der Waals surface area contributed by atoms with E-state index in [0.717, 1.165) is 5.92 Å². The summed E-state index contributed by atoms with van der Waals surface area (Å²) in [4.78, 5) is 0. The molecule has 1 aromatic rings. The van der Waals surface area contributed by atoms with E-state index in [-0.39, 0.29) is 0 Å². The fourth-order valence-corrected chi connectivity index (χ4v) is 3.84. The predicted octanol–water partition coefficient (Wildman–Crippen LogP) is 3.60. The molecule has 0 aromatic heterocycles. The fraction of sp³-hybridized carbons (Fsp3) is 0.579. The summed E-state index contributed by atoms with van der Waals surface area (Å²) in [6, 6.07) is 11.4. The summed E-state index contributed by atoms with van der Waals surface area (Å²) in [6.45, 7) is 6.98. The van der Waals surface area contributed by atoms with Crippen LogP contribution in [-0.4, -0.2) is 24.7 Å². The first kappa shape index (κ1) is 14.8. The van der Waals surface area contributed by atoms with Crippen molar-refractivity contribution >= 4 is 6.08 Å². The van der Waals surface area contributed by atoms with Gasteiger partial charge in [-0.25, -0.2) is 0 Å². The molecule has 1 saturated carbocycles. The van der Waals surface area contributed by atoms with E-state index in [2.05, 4.69) is 60.9 Å². The van der Waals surface area contributed by atoms with E-state index in [1.54, 1.807) is 0 Å². The van der Waals surface area contributed by atoms with Gasteiger partial charge in [-0.15, -0.1) is 0 Å². The molecule has 1 heterocycles. The van der Waals surface area contributed by atoms with Gasteiger partial charge >= 0.3 is 0 Å². The van der Waals surface area contributed by atoms with Crippen LogP contribution in [0.4, 0.5) is 0 Å². The topological polar surface area (TPSA) is 24.1 Å². The molecular formula is C19H28N2. The molecule has 2 nitrogen and oxygen atoms in total. The van der Waals surface area contributed by atoms with Crippen molar-refractivity contribution < 1.29 is 0 Å². The lowest BCUT2D eigenvalue weighted by molar-refractivity contribution is 0.322. The molecule has 2 N–H and O–H groups in total. The molecule has 114 valence electrons. The molecule has 2 unspecified atom stereocenters. The Labute approximate surface area is 129 Å². The van der Waals surface area contributed by atoms with E-state index < -0.39 is 0 Å². The van der Waals surface area contributed by atoms with Crippen LogP contribution < -0.4 is 10.6 Å². The molecule has 0 spiro atoms. The second-order valence-corrected chi connectivity index (χ2v) is 6.73. The molecule has 0 bridgehead atoms. The van der Waals surface area contributed by atoms with Crippen molar-refractivity contribution in [3.05, 3.63) is 41.5 Å². The third-order valence-corrected chi connectivity index (χ3v) is 5.28. The molecule has 1 aromatic carbocycles. The van der Waals surface area contributed by atoms with Gasteiger partial charge in [-0.2, -0.15) is 0 Å². The molecule has 21 heavy (non-hydrogen) atoms. The normalized spacial score (nSPS) is 30.4. The van der Waals surface area contributed by atoms with Gasteiger partial charge in [0.05, 0.1) is 0 Å². The zero-order valence-corrected chi connectivity index (χ0v) is 13.4. The standard InChI is InChI=1S/C19H28N2/c1-3-19(21-17-9-11-20-12-10-17)14-18(19)15(2)13-16-7-5-4-6-8-16/h4-8,13,17-18,20-21H,3,9-12,14H2,1-2H3/b15-13+. The lowest BCUT2D eigenvalue weighted by Crippen LogP contribution is -2.46. The van der Waals surface area contributed by atoms with E-state index in [1.165, 1.54) is 49.9 Å². The smallest absolute Gasteiger partial charge is 0.0253 e. The van der Waals surface area contributed by atoms with E-state index in [9.17, 15) is 0 Å². The largest absolute Gasteiger partial charge is 0.317 e. The Kier molecular flexibility index (Phi) is 4.46. The minimum atomic E-state index is 0.372. The van der Waals surface area contributed by atoms with Crippen molar-refractivity contribution in [1.29, 1.82) is 0 Å². The van der Waals surface area contributed by atoms with Gasteiger partial charge in [0, 0.05) is 11.6 Å². The highest BCUT2D eigenvalue weighted by Crippen LogP contribution is 2.51. The molecule has 1 aliphatic carbocycles. The summed E-state index contributed by atoms with van der Waals surface area (Å²) in [5, 5.41) is 7.45. The highest BCUT2D eigenvalue weighted by molar-refractivity contribution is 5.54. The predicted molar refractivity (Wildman–Crippen MR) is 90.2 cm³/mol. The average molecular weight is 284 g/mol. The van der Waals surface area contributed by atoms with Gasteiger partial charge in [0.15, 0.2) is 0 Å². The first-order valence-electron chi connectivity index (χ1n) is 8.45. The monoisotopic (exact) mass is 284 g/mol. The summed E-state index contributed by atoms with van der Waals surface area (Å²) in [5.74, 6) is 0.720. The average Bonchev–Trinajstić information content (AvgIpc) is 3.24. The Balaban J connectivity index is 1.65. The number of nitrogens with one attached hydrogen (secondary N) is 2. The SMILES string of the molecule is CCC1(NC2CCNCC2)CC1/C(C)=C/c1ccccc1. The molecule has 2 aliphatic rings. The van der Waals surface area contributed by atoms with Crippen molar-refractivity contribution in [1.82, 2.24) is 10.6 Å². The molecule has 2 atom stereocenters. The fourth-order valence-electron chi connectivity index (χ4n) is 3.84. The number of hydrogen-bond donors (Lipinski definition) is 2. The van der Waals surface area contributed by atoms with E-state index in [1.807, 2.05) is 0 Å². The van der Waals surface area contributed by atoms with Crippen LogP contribution >= 0.6 is 0 Å². The van der Waals surface area contributed by atoms with Crippen LogP contribution in [0.1, 0.15) is 45.1 Å². The first-order valence-corrected chi connectivity index (χ1v) is 8.45. The van der Waals surface area contributed by atoms with Gasteiger partial charge in [0.1, 0.15) is 0 Å². The Morgan fingerprint density at radius 3 is 2.67 bits per heavy atom. The van der Waals surface area contributed by atoms with E-state index >= 15 is 0 Å². The summed E-state index contributed by atoms with van der Waals surface area (Å²) in [7, 11) is 0. The quantitative estimate of drug-likeness (QED) is 0.863. The van der Waals surface area contributed by atoms with Gasteiger partial charge in [0.2, 0.25) is 0 Å². The Bertz CT molecular complexity index is 488. The van der Waals surface area contributed by atoms with Crippen molar-refractivity contribution in [2.75, 3.05) is 13.1 Å². The molecule has 0 radical (unpaired) electrons. The molecule has 1 saturated heterocycles. The van der Waals surface area contributed by atoms with Crippen LogP contribution in [0.5, 0.6) is 0 Å². The van der Waals surface area contributed by atoms with Gasteiger partial charge in [-0.1, -0.05) is 48.9 Å². The summed E-state index contributed by atoms with van der Waals surface area (Å²) in [6.07, 6.45) is 7.46. The van der Waals surface area contributed by atoms with E-state index in [4.69, 9.17) is 0 Å². The van der Waals surface area contributed by atoms with Crippen molar-refractivity contribution in [3.8, 4) is 0 Å². The zero-order chi connectivity index (χ0) is 14.7. The third kappa shape index (κ3) is 3.38. The van der Waals surface area contributed by atoms with Crippen LogP contribution in [0, 0.1) is 5.92 Å². The van der Waals surface area contributed by atoms with Gasteiger partial charge in [0.25, 0.3) is 0 Å². The lowest BCUT2D eigenvalue weighted by atomic mass is 9.99. The van der Waals surface area contributed by atoms with Crippen LogP contribution in [0.3, 0.4) is 0 Å². The molecular weight excluding hydrogens is 256 g/mol. The molecule has 0 amide bonds. The maximum Gasteiger partial charge on any atom is 0.0253 e. The zero-order valence-electron chi connectivity index (χ0n) is 13.4. The molecule has 2 fully saturated rings. The van der Waals surface area contributed by atoms with Gasteiger partial charge < -0.3 is 10.6 Å². The maximum atomic E-state index is 3.99. The minimum Gasteiger partial charge on any atom is -0.317 e. The van der Waals surface area contributed by atoms with Crippen molar-refractivity contribution in [2.24, 2.45) is 5.92 Å². The van der Waals surface area contributed by atoms with Crippen molar-refractivity contribution in [2.45, 2.75) is 51.1 Å². The lowest BCUT2D eigenvalue weighted by Gasteiger charge is -2.29. The van der Waals surface area contributed by atoms with Gasteiger partial charge in [-0.05, 0) is 57.2 Å². The Hall–Kier alpha value is -1.12. The second kappa shape index (κ2) is 6.33. The molecule has 1 aliphatic heterocycles. The highest BCUT2D eigenvalue weighted by Gasteiger charge is 2.53. The number of piperidine rings is 1. The summed E-state index contributed by atoms with van der Waals surface area (Å²) >= 11 is 0. The minimum absolute atomic E-state index is 0.372. The number of hydrogen-bond acceptors (Lipinski definition) is 2. The van der Waals surface area contributed by atoms with Crippen LogP contribution in [0.2, 0.25) is 0 Å². The molecule has 3 rings (SSSR count). The number of rotatable bonds is 5. The highest BCUT2D eigenvalue weighted by atomic mass is 15.1. The maximum absolute atomic E-state index is 3.99. The van der Waals surface area contributed by atoms with Crippen LogP contribution in [-0.2, 0) is 0 Å². The van der Waals surface area contributed by atoms with Crippen LogP contribution in [0.15, 0.2) is 35.9 Å². The summed E-state index contributed by atoms with van der Waals surface area (Å²) in [5.41, 5.74) is 3.23. The van der Waals surface area contributed by atoms with Crippen molar-refractivity contribution in [3.63, 3.8) is 0 Å². The summed E-state index contributed by atoms with van der Waals surface area (Å²) < 4.78 is 0. The Morgan fingerprint density at radius 1 is 1.29 bits per heavy atom. The Morgan fingerprint density at radius 2 is 2.00 bits per heavy atom. The number of benzene rings is 1. The molecule has 2 heteroatoms. The first-order chi connectivity index (χ1) is 10.2. The van der Waals surface area contributed by atoms with Crippen LogP contribution in [0.25, 0.3) is 6.08 Å².